The SMILES string of the molecule is CCC[C@]1(C(=O)OC)N[C@H](c2cc(OC)ccc2OC)[C@@H]2C(=O)N(c3cccc(C(C)=O)c3)C(=O)[C@H]21. The van der Waals surface area contributed by atoms with Gasteiger partial charge in [-0.25, -0.2) is 4.90 Å². The highest BCUT2D eigenvalue weighted by Gasteiger charge is 2.68. The topological polar surface area (TPSA) is 111 Å². The van der Waals surface area contributed by atoms with Gasteiger partial charge in [0.1, 0.15) is 17.0 Å². The number of esters is 1. The van der Waals surface area contributed by atoms with Gasteiger partial charge in [0.2, 0.25) is 11.8 Å². The van der Waals surface area contributed by atoms with Crippen LogP contribution < -0.4 is 19.7 Å². The van der Waals surface area contributed by atoms with E-state index < -0.39 is 41.2 Å². The number of carbonyl (C=O) groups excluding carboxylic acids is 4. The lowest BCUT2D eigenvalue weighted by Gasteiger charge is -2.32. The standard InChI is InChI=1S/C27H30N2O7/c1-6-12-27(26(33)36-5)22-21(23(28-27)19-14-18(34-3)10-11-20(19)35-4)24(31)29(25(22)32)17-9-7-8-16(13-17)15(2)30/h7-11,13-14,21-23,28H,6,12H2,1-5H3/t21-,22+,23-,27+/m1/s1. The lowest BCUT2D eigenvalue weighted by Crippen LogP contribution is -2.56. The van der Waals surface area contributed by atoms with Crippen LogP contribution in [0.5, 0.6) is 11.5 Å². The van der Waals surface area contributed by atoms with Gasteiger partial charge >= 0.3 is 5.97 Å². The van der Waals surface area contributed by atoms with Gasteiger partial charge in [-0.2, -0.15) is 0 Å². The number of nitrogens with one attached hydrogen (secondary N) is 1. The number of ether oxygens (including phenoxy) is 3. The van der Waals surface area contributed by atoms with Crippen LogP contribution in [0.3, 0.4) is 0 Å². The summed E-state index contributed by atoms with van der Waals surface area (Å²) in [6, 6.07) is 10.8. The molecule has 0 radical (unpaired) electrons. The third-order valence-corrected chi connectivity index (χ3v) is 7.13. The molecule has 2 saturated heterocycles. The predicted molar refractivity (Wildman–Crippen MR) is 131 cm³/mol. The molecular weight excluding hydrogens is 464 g/mol. The number of methoxy groups -OCH3 is 3. The summed E-state index contributed by atoms with van der Waals surface area (Å²) in [5, 5.41) is 3.33. The summed E-state index contributed by atoms with van der Waals surface area (Å²) in [7, 11) is 4.31. The summed E-state index contributed by atoms with van der Waals surface area (Å²) >= 11 is 0. The van der Waals surface area contributed by atoms with Gasteiger partial charge in [0.15, 0.2) is 5.78 Å². The van der Waals surface area contributed by atoms with E-state index in [9.17, 15) is 19.2 Å². The molecular formula is C27H30N2O7. The van der Waals surface area contributed by atoms with Gasteiger partial charge in [0.25, 0.3) is 0 Å². The zero-order valence-electron chi connectivity index (χ0n) is 21.0. The van der Waals surface area contributed by atoms with Crippen molar-refractivity contribution in [2.24, 2.45) is 11.8 Å². The average Bonchev–Trinajstić information content (AvgIpc) is 3.37. The number of amides is 2. The molecule has 190 valence electrons. The molecule has 9 heteroatoms. The number of ketones is 1. The minimum absolute atomic E-state index is 0.188. The van der Waals surface area contributed by atoms with Crippen LogP contribution in [-0.2, 0) is 19.1 Å². The number of Topliss-reactive ketones (excluding diaryl/α,β-unsaturated/α-hetero) is 1. The number of carbonyl (C=O) groups is 4. The highest BCUT2D eigenvalue weighted by molar-refractivity contribution is 6.24. The third kappa shape index (κ3) is 3.83. The Labute approximate surface area is 209 Å². The van der Waals surface area contributed by atoms with Crippen molar-refractivity contribution < 1.29 is 33.4 Å². The van der Waals surface area contributed by atoms with Crippen molar-refractivity contribution in [2.45, 2.75) is 38.3 Å². The summed E-state index contributed by atoms with van der Waals surface area (Å²) in [5.74, 6) is -2.67. The molecule has 0 bridgehead atoms. The summed E-state index contributed by atoms with van der Waals surface area (Å²) in [6.07, 6.45) is 0.846. The van der Waals surface area contributed by atoms with Crippen LogP contribution in [0.25, 0.3) is 0 Å². The maximum atomic E-state index is 14.0. The molecule has 0 spiro atoms. The van der Waals surface area contributed by atoms with Gasteiger partial charge in [0, 0.05) is 17.2 Å². The molecule has 9 nitrogen and oxygen atoms in total. The second kappa shape index (κ2) is 9.73. The Morgan fingerprint density at radius 2 is 1.78 bits per heavy atom. The second-order valence-electron chi connectivity index (χ2n) is 9.06. The van der Waals surface area contributed by atoms with Gasteiger partial charge in [-0.15, -0.1) is 0 Å². The largest absolute Gasteiger partial charge is 0.497 e. The van der Waals surface area contributed by atoms with Crippen molar-refractivity contribution in [3.63, 3.8) is 0 Å². The Kier molecular flexibility index (Phi) is 6.86. The van der Waals surface area contributed by atoms with Crippen molar-refractivity contribution in [3.05, 3.63) is 53.6 Å². The number of imide groups is 1. The summed E-state index contributed by atoms with van der Waals surface area (Å²) < 4.78 is 16.2. The smallest absolute Gasteiger partial charge is 0.326 e. The summed E-state index contributed by atoms with van der Waals surface area (Å²) in [4.78, 5) is 54.3. The first kappa shape index (κ1) is 25.4. The molecule has 0 unspecified atom stereocenters. The van der Waals surface area contributed by atoms with E-state index in [0.29, 0.717) is 34.7 Å². The normalized spacial score (nSPS) is 25.0. The second-order valence-corrected chi connectivity index (χ2v) is 9.06. The predicted octanol–water partition coefficient (Wildman–Crippen LogP) is 3.07. The van der Waals surface area contributed by atoms with Crippen LogP contribution in [0.1, 0.15) is 48.7 Å². The molecule has 4 rings (SSSR count). The quantitative estimate of drug-likeness (QED) is 0.339. The Balaban J connectivity index is 1.91. The molecule has 0 saturated carbocycles. The molecule has 2 aromatic carbocycles. The van der Waals surface area contributed by atoms with Crippen LogP contribution in [0.15, 0.2) is 42.5 Å². The zero-order valence-corrected chi connectivity index (χ0v) is 21.0. The number of hydrogen-bond acceptors (Lipinski definition) is 8. The highest BCUT2D eigenvalue weighted by atomic mass is 16.5. The van der Waals surface area contributed by atoms with Crippen molar-refractivity contribution in [3.8, 4) is 11.5 Å². The Hall–Kier alpha value is -3.72. The van der Waals surface area contributed by atoms with Crippen LogP contribution in [-0.4, -0.2) is 50.4 Å². The van der Waals surface area contributed by atoms with Gasteiger partial charge in [-0.1, -0.05) is 25.5 Å². The maximum Gasteiger partial charge on any atom is 0.326 e. The Morgan fingerprint density at radius 3 is 2.39 bits per heavy atom. The van der Waals surface area contributed by atoms with E-state index in [2.05, 4.69) is 5.32 Å². The van der Waals surface area contributed by atoms with Crippen molar-refractivity contribution in [1.29, 1.82) is 0 Å². The van der Waals surface area contributed by atoms with E-state index in [-0.39, 0.29) is 12.2 Å². The van der Waals surface area contributed by atoms with E-state index in [1.165, 1.54) is 34.3 Å². The Bertz CT molecular complexity index is 1230. The molecule has 0 aromatic heterocycles. The van der Waals surface area contributed by atoms with Gasteiger partial charge in [-0.3, -0.25) is 24.5 Å². The van der Waals surface area contributed by atoms with E-state index >= 15 is 0 Å². The lowest BCUT2D eigenvalue weighted by molar-refractivity contribution is -0.152. The first-order chi connectivity index (χ1) is 17.2. The molecule has 0 aliphatic carbocycles. The van der Waals surface area contributed by atoms with Crippen LogP contribution in [0.4, 0.5) is 5.69 Å². The molecule has 2 aromatic rings. The molecule has 4 atom stereocenters. The van der Waals surface area contributed by atoms with Crippen molar-refractivity contribution in [1.82, 2.24) is 5.32 Å². The maximum absolute atomic E-state index is 14.0. The molecule has 2 amide bonds. The molecule has 1 N–H and O–H groups in total. The van der Waals surface area contributed by atoms with Crippen molar-refractivity contribution >= 4 is 29.3 Å². The number of fused-ring (bicyclic) bond motifs is 1. The van der Waals surface area contributed by atoms with E-state index in [0.717, 1.165) is 4.90 Å². The molecule has 36 heavy (non-hydrogen) atoms. The van der Waals surface area contributed by atoms with E-state index in [4.69, 9.17) is 14.2 Å². The minimum atomic E-state index is -1.42. The first-order valence-electron chi connectivity index (χ1n) is 11.8. The number of benzene rings is 2. The number of nitrogens with zero attached hydrogens (tertiary/aromatic N) is 1. The van der Waals surface area contributed by atoms with Crippen molar-refractivity contribution in [2.75, 3.05) is 26.2 Å². The number of rotatable bonds is 8. The molecule has 2 aliphatic heterocycles. The summed E-state index contributed by atoms with van der Waals surface area (Å²) in [5.41, 5.74) is -0.165. The van der Waals surface area contributed by atoms with Crippen LogP contribution in [0.2, 0.25) is 0 Å². The molecule has 2 fully saturated rings. The molecule has 2 aliphatic rings. The minimum Gasteiger partial charge on any atom is -0.497 e. The summed E-state index contributed by atoms with van der Waals surface area (Å²) in [6.45, 7) is 3.32. The van der Waals surface area contributed by atoms with E-state index in [1.807, 2.05) is 6.92 Å². The third-order valence-electron chi connectivity index (χ3n) is 7.13. The highest BCUT2D eigenvalue weighted by Crippen LogP contribution is 2.53. The zero-order chi connectivity index (χ0) is 26.2. The fourth-order valence-electron chi connectivity index (χ4n) is 5.57. The molecule has 2 heterocycles. The lowest BCUT2D eigenvalue weighted by atomic mass is 9.77. The van der Waals surface area contributed by atoms with Gasteiger partial charge in [0.05, 0.1) is 38.9 Å². The van der Waals surface area contributed by atoms with E-state index in [1.54, 1.807) is 36.4 Å². The van der Waals surface area contributed by atoms with Gasteiger partial charge < -0.3 is 14.2 Å². The van der Waals surface area contributed by atoms with Crippen LogP contribution >= 0.6 is 0 Å². The number of hydrogen-bond donors (Lipinski definition) is 1. The average molecular weight is 495 g/mol. The number of anilines is 1. The van der Waals surface area contributed by atoms with Gasteiger partial charge in [-0.05, 0) is 43.7 Å². The Morgan fingerprint density at radius 1 is 1.03 bits per heavy atom. The van der Waals surface area contributed by atoms with Crippen LogP contribution in [0, 0.1) is 11.8 Å². The fourth-order valence-corrected chi connectivity index (χ4v) is 5.57. The monoisotopic (exact) mass is 494 g/mol. The fraction of sp³-hybridized carbons (Fsp3) is 0.407. The first-order valence-corrected chi connectivity index (χ1v) is 11.8.